The van der Waals surface area contributed by atoms with Gasteiger partial charge in [-0.05, 0) is 17.2 Å². The topological polar surface area (TPSA) is 58.0 Å². The minimum atomic E-state index is 0.0830. The summed E-state index contributed by atoms with van der Waals surface area (Å²) in [6.07, 6.45) is 3.21. The number of aliphatic hydroxyl groups excluding tert-OH is 1. The van der Waals surface area contributed by atoms with E-state index < -0.39 is 0 Å². The zero-order valence-electron chi connectivity index (χ0n) is 8.80. The lowest BCUT2D eigenvalue weighted by Gasteiger charge is -2.05. The van der Waals surface area contributed by atoms with Gasteiger partial charge in [0, 0.05) is 12.7 Å². The van der Waals surface area contributed by atoms with Crippen molar-refractivity contribution in [3.05, 3.63) is 54.0 Å². The van der Waals surface area contributed by atoms with Crippen LogP contribution < -0.4 is 5.32 Å². The SMILES string of the molecule is OCc1ccc(CNc2ccncn2)cc1. The first-order valence-corrected chi connectivity index (χ1v) is 5.07. The van der Waals surface area contributed by atoms with Gasteiger partial charge in [0.1, 0.15) is 12.1 Å². The summed E-state index contributed by atoms with van der Waals surface area (Å²) >= 11 is 0. The highest BCUT2D eigenvalue weighted by Crippen LogP contribution is 2.07. The van der Waals surface area contributed by atoms with Crippen LogP contribution in [-0.4, -0.2) is 15.1 Å². The Morgan fingerprint density at radius 3 is 2.44 bits per heavy atom. The molecule has 0 aliphatic rings. The third-order valence-corrected chi connectivity index (χ3v) is 2.26. The number of aliphatic hydroxyl groups is 1. The molecule has 1 heterocycles. The second-order valence-corrected chi connectivity index (χ2v) is 3.42. The molecule has 1 aromatic heterocycles. The van der Waals surface area contributed by atoms with Gasteiger partial charge in [0.2, 0.25) is 0 Å². The molecular formula is C12H13N3O. The lowest BCUT2D eigenvalue weighted by atomic mass is 10.1. The van der Waals surface area contributed by atoms with E-state index in [1.807, 2.05) is 30.3 Å². The molecule has 2 rings (SSSR count). The van der Waals surface area contributed by atoms with E-state index in [-0.39, 0.29) is 6.61 Å². The van der Waals surface area contributed by atoms with Crippen LogP contribution in [0.3, 0.4) is 0 Å². The van der Waals surface area contributed by atoms with Crippen LogP contribution in [0.1, 0.15) is 11.1 Å². The number of benzene rings is 1. The molecule has 82 valence electrons. The Morgan fingerprint density at radius 2 is 1.81 bits per heavy atom. The number of rotatable bonds is 4. The standard InChI is InChI=1S/C12H13N3O/c16-8-11-3-1-10(2-4-11)7-14-12-5-6-13-9-15-12/h1-6,9,16H,7-8H2,(H,13,14,15). The summed E-state index contributed by atoms with van der Waals surface area (Å²) in [6.45, 7) is 0.794. The average Bonchev–Trinajstić information content (AvgIpc) is 2.38. The van der Waals surface area contributed by atoms with Crippen molar-refractivity contribution >= 4 is 5.82 Å². The lowest BCUT2D eigenvalue weighted by molar-refractivity contribution is 0.282. The summed E-state index contributed by atoms with van der Waals surface area (Å²) < 4.78 is 0. The Labute approximate surface area is 94.0 Å². The highest BCUT2D eigenvalue weighted by atomic mass is 16.3. The molecule has 0 fully saturated rings. The third-order valence-electron chi connectivity index (χ3n) is 2.26. The maximum Gasteiger partial charge on any atom is 0.129 e. The first-order chi connectivity index (χ1) is 7.88. The summed E-state index contributed by atoms with van der Waals surface area (Å²) in [5, 5.41) is 12.1. The van der Waals surface area contributed by atoms with Crippen molar-refractivity contribution < 1.29 is 5.11 Å². The van der Waals surface area contributed by atoms with Crippen LogP contribution in [0.15, 0.2) is 42.9 Å². The molecule has 0 saturated carbocycles. The van der Waals surface area contributed by atoms with Crippen LogP contribution in [-0.2, 0) is 13.2 Å². The van der Waals surface area contributed by atoms with E-state index in [0.717, 1.165) is 16.9 Å². The number of hydrogen-bond donors (Lipinski definition) is 2. The Hall–Kier alpha value is -1.94. The van der Waals surface area contributed by atoms with Gasteiger partial charge in [0.05, 0.1) is 6.61 Å². The van der Waals surface area contributed by atoms with E-state index in [0.29, 0.717) is 6.54 Å². The van der Waals surface area contributed by atoms with Crippen LogP contribution in [0.4, 0.5) is 5.82 Å². The van der Waals surface area contributed by atoms with Gasteiger partial charge >= 0.3 is 0 Å². The highest BCUT2D eigenvalue weighted by Gasteiger charge is 1.95. The quantitative estimate of drug-likeness (QED) is 0.813. The molecule has 0 saturated heterocycles. The van der Waals surface area contributed by atoms with Crippen LogP contribution in [0, 0.1) is 0 Å². The smallest absolute Gasteiger partial charge is 0.129 e. The Morgan fingerprint density at radius 1 is 1.06 bits per heavy atom. The van der Waals surface area contributed by atoms with Gasteiger partial charge in [0.15, 0.2) is 0 Å². The first kappa shape index (κ1) is 10.6. The fourth-order valence-corrected chi connectivity index (χ4v) is 1.35. The molecule has 1 aromatic carbocycles. The predicted octanol–water partition coefficient (Wildman–Crippen LogP) is 1.58. The largest absolute Gasteiger partial charge is 0.392 e. The lowest BCUT2D eigenvalue weighted by Crippen LogP contribution is -2.01. The first-order valence-electron chi connectivity index (χ1n) is 5.07. The van der Waals surface area contributed by atoms with Crippen LogP contribution in [0.2, 0.25) is 0 Å². The second-order valence-electron chi connectivity index (χ2n) is 3.42. The van der Waals surface area contributed by atoms with Gasteiger partial charge in [-0.2, -0.15) is 0 Å². The number of anilines is 1. The van der Waals surface area contributed by atoms with E-state index in [2.05, 4.69) is 15.3 Å². The van der Waals surface area contributed by atoms with Gasteiger partial charge in [-0.1, -0.05) is 24.3 Å². The molecular weight excluding hydrogens is 202 g/mol. The van der Waals surface area contributed by atoms with E-state index in [9.17, 15) is 0 Å². The van der Waals surface area contributed by atoms with Crippen molar-refractivity contribution in [1.29, 1.82) is 0 Å². The van der Waals surface area contributed by atoms with Gasteiger partial charge in [-0.3, -0.25) is 0 Å². The Balaban J connectivity index is 1.94. The molecule has 0 radical (unpaired) electrons. The molecule has 4 nitrogen and oxygen atoms in total. The Bertz CT molecular complexity index is 428. The van der Waals surface area contributed by atoms with E-state index in [4.69, 9.17) is 5.11 Å². The van der Waals surface area contributed by atoms with Crippen molar-refractivity contribution in [2.24, 2.45) is 0 Å². The number of nitrogens with one attached hydrogen (secondary N) is 1. The van der Waals surface area contributed by atoms with Crippen LogP contribution in [0.5, 0.6) is 0 Å². The van der Waals surface area contributed by atoms with Crippen molar-refractivity contribution in [2.45, 2.75) is 13.2 Å². The summed E-state index contributed by atoms with van der Waals surface area (Å²) in [6, 6.07) is 9.62. The maximum absolute atomic E-state index is 8.90. The number of hydrogen-bond acceptors (Lipinski definition) is 4. The monoisotopic (exact) mass is 215 g/mol. The molecule has 0 aliphatic heterocycles. The van der Waals surface area contributed by atoms with Crippen molar-refractivity contribution in [3.8, 4) is 0 Å². The molecule has 0 amide bonds. The van der Waals surface area contributed by atoms with Crippen molar-refractivity contribution in [3.63, 3.8) is 0 Å². The van der Waals surface area contributed by atoms with E-state index in [1.165, 1.54) is 6.33 Å². The third kappa shape index (κ3) is 2.77. The molecule has 0 spiro atoms. The van der Waals surface area contributed by atoms with Crippen molar-refractivity contribution in [1.82, 2.24) is 9.97 Å². The summed E-state index contributed by atoms with van der Waals surface area (Å²) in [5.41, 5.74) is 2.07. The average molecular weight is 215 g/mol. The van der Waals surface area contributed by atoms with E-state index in [1.54, 1.807) is 6.20 Å². The zero-order chi connectivity index (χ0) is 11.2. The molecule has 16 heavy (non-hydrogen) atoms. The maximum atomic E-state index is 8.90. The van der Waals surface area contributed by atoms with Gasteiger partial charge < -0.3 is 10.4 Å². The predicted molar refractivity (Wildman–Crippen MR) is 61.7 cm³/mol. The molecule has 0 unspecified atom stereocenters. The molecule has 0 aliphatic carbocycles. The van der Waals surface area contributed by atoms with Crippen LogP contribution >= 0.6 is 0 Å². The zero-order valence-corrected chi connectivity index (χ0v) is 8.80. The number of aromatic nitrogens is 2. The second kappa shape index (κ2) is 5.23. The number of nitrogens with zero attached hydrogens (tertiary/aromatic N) is 2. The normalized spacial score (nSPS) is 10.1. The minimum absolute atomic E-state index is 0.0830. The minimum Gasteiger partial charge on any atom is -0.392 e. The molecule has 4 heteroatoms. The summed E-state index contributed by atoms with van der Waals surface area (Å²) in [7, 11) is 0. The van der Waals surface area contributed by atoms with E-state index >= 15 is 0 Å². The fourth-order valence-electron chi connectivity index (χ4n) is 1.35. The molecule has 2 N–H and O–H groups in total. The van der Waals surface area contributed by atoms with Gasteiger partial charge in [-0.25, -0.2) is 9.97 Å². The van der Waals surface area contributed by atoms with Crippen LogP contribution in [0.25, 0.3) is 0 Å². The van der Waals surface area contributed by atoms with Crippen molar-refractivity contribution in [2.75, 3.05) is 5.32 Å². The molecule has 2 aromatic rings. The summed E-state index contributed by atoms with van der Waals surface area (Å²) in [4.78, 5) is 7.91. The Kier molecular flexibility index (Phi) is 3.46. The molecule has 0 bridgehead atoms. The fraction of sp³-hybridized carbons (Fsp3) is 0.167. The summed E-state index contributed by atoms with van der Waals surface area (Å²) in [5.74, 6) is 0.807. The highest BCUT2D eigenvalue weighted by molar-refractivity contribution is 5.33. The van der Waals surface area contributed by atoms with Gasteiger partial charge in [0.25, 0.3) is 0 Å². The molecule has 0 atom stereocenters. The van der Waals surface area contributed by atoms with Gasteiger partial charge in [-0.15, -0.1) is 0 Å².